The fraction of sp³-hybridized carbons (Fsp3) is 0. The van der Waals surface area contributed by atoms with Gasteiger partial charge in [0.2, 0.25) is 0 Å². The van der Waals surface area contributed by atoms with Gasteiger partial charge >= 0.3 is 0 Å². The van der Waals surface area contributed by atoms with Gasteiger partial charge in [-0.25, -0.2) is 0 Å². The second-order valence-corrected chi connectivity index (χ2v) is 3.69. The maximum Gasteiger partial charge on any atom is 0.0554 e. The Morgan fingerprint density at radius 2 is 0.882 bits per heavy atom. The van der Waals surface area contributed by atoms with E-state index in [1.165, 1.54) is 0 Å². The Kier molecular flexibility index (Phi) is 3.86. The number of hydrogen-bond donors (Lipinski definition) is 4. The van der Waals surface area contributed by atoms with E-state index in [1.807, 2.05) is 24.3 Å². The Labute approximate surface area is 110 Å². The van der Waals surface area contributed by atoms with Crippen LogP contribution >= 0.6 is 0 Å². The summed E-state index contributed by atoms with van der Waals surface area (Å²) in [6, 6.07) is 11.0. The predicted octanol–water partition coefficient (Wildman–Crippen LogP) is 1.68. The van der Waals surface area contributed by atoms with E-state index in [0.717, 1.165) is 11.1 Å². The molecular weight excluding hydrogens is 259 g/mol. The third-order valence-corrected chi connectivity index (χ3v) is 2.51. The standard InChI is InChI=1S/C12H14N4.Ni/c13-9-3-1-7(5-11(9)15)8-2-4-10(14)12(16)6-8;/h1-6H,13-16H2;. The summed E-state index contributed by atoms with van der Waals surface area (Å²) in [4.78, 5) is 0. The van der Waals surface area contributed by atoms with E-state index < -0.39 is 0 Å². The Morgan fingerprint density at radius 1 is 0.529 bits per heavy atom. The molecule has 0 saturated carbocycles. The van der Waals surface area contributed by atoms with Crippen LogP contribution in [0.2, 0.25) is 0 Å². The van der Waals surface area contributed by atoms with E-state index in [4.69, 9.17) is 22.9 Å². The van der Waals surface area contributed by atoms with Gasteiger partial charge in [0, 0.05) is 16.5 Å². The van der Waals surface area contributed by atoms with Crippen molar-refractivity contribution >= 4 is 22.7 Å². The number of hydrogen-bond acceptors (Lipinski definition) is 4. The first-order valence-corrected chi connectivity index (χ1v) is 4.88. The molecule has 0 aliphatic carbocycles. The molecule has 0 aliphatic heterocycles. The number of anilines is 4. The van der Waals surface area contributed by atoms with Crippen LogP contribution in [-0.2, 0) is 16.5 Å². The zero-order chi connectivity index (χ0) is 11.7. The molecule has 0 amide bonds. The summed E-state index contributed by atoms with van der Waals surface area (Å²) in [5.41, 5.74) is 27.0. The molecule has 92 valence electrons. The van der Waals surface area contributed by atoms with Crippen molar-refractivity contribution in [3.05, 3.63) is 36.4 Å². The molecule has 0 atom stereocenters. The van der Waals surface area contributed by atoms with Crippen molar-refractivity contribution in [2.45, 2.75) is 0 Å². The molecule has 0 aromatic heterocycles. The number of rotatable bonds is 1. The van der Waals surface area contributed by atoms with Crippen LogP contribution in [0.15, 0.2) is 36.4 Å². The molecule has 0 fully saturated rings. The van der Waals surface area contributed by atoms with Crippen molar-refractivity contribution in [2.24, 2.45) is 0 Å². The van der Waals surface area contributed by atoms with Crippen LogP contribution in [-0.4, -0.2) is 0 Å². The van der Waals surface area contributed by atoms with Crippen LogP contribution in [0.1, 0.15) is 0 Å². The average Bonchev–Trinajstić information content (AvgIpc) is 2.26. The van der Waals surface area contributed by atoms with Crippen molar-refractivity contribution in [3.63, 3.8) is 0 Å². The molecule has 8 N–H and O–H groups in total. The normalized spacial score (nSPS) is 9.65. The maximum atomic E-state index is 5.74. The van der Waals surface area contributed by atoms with Gasteiger partial charge in [0.05, 0.1) is 22.7 Å². The fourth-order valence-corrected chi connectivity index (χ4v) is 1.51. The largest absolute Gasteiger partial charge is 0.397 e. The molecule has 0 saturated heterocycles. The summed E-state index contributed by atoms with van der Waals surface area (Å²) < 4.78 is 0. The molecule has 0 aliphatic rings. The Bertz CT molecular complexity index is 491. The third kappa shape index (κ3) is 2.63. The number of benzene rings is 2. The van der Waals surface area contributed by atoms with Crippen molar-refractivity contribution < 1.29 is 16.5 Å². The van der Waals surface area contributed by atoms with Gasteiger partial charge in [0.25, 0.3) is 0 Å². The van der Waals surface area contributed by atoms with E-state index in [-0.39, 0.29) is 16.5 Å². The minimum Gasteiger partial charge on any atom is -0.397 e. The minimum atomic E-state index is 0. The monoisotopic (exact) mass is 272 g/mol. The Morgan fingerprint density at radius 3 is 1.18 bits per heavy atom. The van der Waals surface area contributed by atoms with Crippen LogP contribution in [0.5, 0.6) is 0 Å². The molecule has 0 heterocycles. The molecule has 0 radical (unpaired) electrons. The molecule has 0 spiro atoms. The van der Waals surface area contributed by atoms with E-state index in [9.17, 15) is 0 Å². The minimum absolute atomic E-state index is 0. The zero-order valence-electron chi connectivity index (χ0n) is 9.09. The van der Waals surface area contributed by atoms with Gasteiger partial charge in [-0.1, -0.05) is 12.1 Å². The van der Waals surface area contributed by atoms with Gasteiger partial charge in [0.1, 0.15) is 0 Å². The summed E-state index contributed by atoms with van der Waals surface area (Å²) >= 11 is 0. The van der Waals surface area contributed by atoms with Gasteiger partial charge in [0.15, 0.2) is 0 Å². The third-order valence-electron chi connectivity index (χ3n) is 2.51. The van der Waals surface area contributed by atoms with Crippen LogP contribution in [0, 0.1) is 0 Å². The van der Waals surface area contributed by atoms with Crippen LogP contribution in [0.3, 0.4) is 0 Å². The van der Waals surface area contributed by atoms with Crippen LogP contribution in [0.25, 0.3) is 11.1 Å². The van der Waals surface area contributed by atoms with E-state index in [1.54, 1.807) is 12.1 Å². The molecule has 17 heavy (non-hydrogen) atoms. The summed E-state index contributed by atoms with van der Waals surface area (Å²) in [6.45, 7) is 0. The first-order valence-electron chi connectivity index (χ1n) is 4.88. The first kappa shape index (κ1) is 13.2. The molecule has 2 aromatic rings. The first-order chi connectivity index (χ1) is 7.58. The summed E-state index contributed by atoms with van der Waals surface area (Å²) in [7, 11) is 0. The predicted molar refractivity (Wildman–Crippen MR) is 69.5 cm³/mol. The smallest absolute Gasteiger partial charge is 0.0554 e. The molecule has 4 nitrogen and oxygen atoms in total. The Balaban J connectivity index is 0.00000144. The second kappa shape index (κ2) is 4.98. The zero-order valence-corrected chi connectivity index (χ0v) is 10.1. The average molecular weight is 273 g/mol. The molecule has 2 aromatic carbocycles. The molecule has 0 bridgehead atoms. The maximum absolute atomic E-state index is 5.74. The van der Waals surface area contributed by atoms with E-state index in [0.29, 0.717) is 22.7 Å². The summed E-state index contributed by atoms with van der Waals surface area (Å²) in [5.74, 6) is 0. The fourth-order valence-electron chi connectivity index (χ4n) is 1.51. The van der Waals surface area contributed by atoms with Gasteiger partial charge in [-0.05, 0) is 35.4 Å². The van der Waals surface area contributed by atoms with E-state index in [2.05, 4.69) is 0 Å². The van der Waals surface area contributed by atoms with Gasteiger partial charge in [-0.3, -0.25) is 0 Å². The van der Waals surface area contributed by atoms with Crippen LogP contribution in [0.4, 0.5) is 22.7 Å². The van der Waals surface area contributed by atoms with Crippen molar-refractivity contribution in [1.82, 2.24) is 0 Å². The SMILES string of the molecule is Nc1ccc(-c2ccc(N)c(N)c2)cc1N.[Ni]. The van der Waals surface area contributed by atoms with E-state index >= 15 is 0 Å². The molecule has 5 heteroatoms. The molecular formula is C12H14N4Ni. The quantitative estimate of drug-likeness (QED) is 0.468. The summed E-state index contributed by atoms with van der Waals surface area (Å²) in [6.07, 6.45) is 0. The van der Waals surface area contributed by atoms with Gasteiger partial charge in [-0.2, -0.15) is 0 Å². The van der Waals surface area contributed by atoms with Crippen LogP contribution < -0.4 is 22.9 Å². The van der Waals surface area contributed by atoms with Crippen molar-refractivity contribution in [2.75, 3.05) is 22.9 Å². The number of nitrogens with two attached hydrogens (primary N) is 4. The molecule has 2 rings (SSSR count). The molecule has 0 unspecified atom stereocenters. The van der Waals surface area contributed by atoms with Crippen molar-refractivity contribution in [3.8, 4) is 11.1 Å². The topological polar surface area (TPSA) is 104 Å². The number of nitrogen functional groups attached to an aromatic ring is 4. The Hall–Kier alpha value is -1.87. The summed E-state index contributed by atoms with van der Waals surface area (Å²) in [5, 5.41) is 0. The van der Waals surface area contributed by atoms with Crippen molar-refractivity contribution in [1.29, 1.82) is 0 Å². The van der Waals surface area contributed by atoms with Gasteiger partial charge in [-0.15, -0.1) is 0 Å². The van der Waals surface area contributed by atoms with Gasteiger partial charge < -0.3 is 22.9 Å². The second-order valence-electron chi connectivity index (χ2n) is 3.69.